The van der Waals surface area contributed by atoms with Crippen LogP contribution >= 0.6 is 11.6 Å². The van der Waals surface area contributed by atoms with Crippen molar-refractivity contribution in [2.45, 2.75) is 44.6 Å². The number of nitrogens with one attached hydrogen (secondary N) is 1. The second-order valence-corrected chi connectivity index (χ2v) is 8.24. The van der Waals surface area contributed by atoms with Crippen molar-refractivity contribution in [3.8, 4) is 0 Å². The van der Waals surface area contributed by atoms with E-state index in [2.05, 4.69) is 52.7 Å². The molecule has 31 heavy (non-hydrogen) atoms. The van der Waals surface area contributed by atoms with E-state index < -0.39 is 11.9 Å². The summed E-state index contributed by atoms with van der Waals surface area (Å²) in [7, 11) is 0. The fraction of sp³-hybridized carbons (Fsp3) is 0.417. The highest BCUT2D eigenvalue weighted by atomic mass is 35.5. The number of hydrogen-bond acceptors (Lipinski definition) is 4. The molecule has 2 aromatic rings. The molecular weight excluding hydrogens is 416 g/mol. The zero-order valence-corrected chi connectivity index (χ0v) is 18.3. The van der Waals surface area contributed by atoms with Crippen molar-refractivity contribution >= 4 is 29.2 Å². The summed E-state index contributed by atoms with van der Waals surface area (Å²) < 4.78 is 0. The first kappa shape index (κ1) is 23.1. The van der Waals surface area contributed by atoms with E-state index in [1.165, 1.54) is 35.2 Å². The molecule has 1 fully saturated rings. The molecule has 4 rings (SSSR count). The van der Waals surface area contributed by atoms with Crippen LogP contribution in [0, 0.1) is 0 Å². The molecule has 1 saturated heterocycles. The molecule has 0 amide bonds. The Morgan fingerprint density at radius 3 is 2.35 bits per heavy atom. The first-order valence-corrected chi connectivity index (χ1v) is 11.1. The first-order chi connectivity index (χ1) is 15.0. The molecule has 7 heteroatoms. The summed E-state index contributed by atoms with van der Waals surface area (Å²) in [6.45, 7) is 3.21. The van der Waals surface area contributed by atoms with Crippen LogP contribution in [0.1, 0.15) is 48.4 Å². The van der Waals surface area contributed by atoms with Crippen LogP contribution in [-0.4, -0.2) is 41.8 Å². The normalized spacial score (nSPS) is 17.8. The summed E-state index contributed by atoms with van der Waals surface area (Å²) >= 11 is 6.69. The SMILES string of the molecule is Clc1ccc2c(c1N1CCCC1c1ccccc1)CCNCC2.O=C(O)CCC(=O)O. The molecule has 0 radical (unpaired) electrons. The maximum Gasteiger partial charge on any atom is 0.303 e. The number of anilines is 1. The van der Waals surface area contributed by atoms with E-state index in [0.29, 0.717) is 6.04 Å². The Bertz CT molecular complexity index is 890. The van der Waals surface area contributed by atoms with Gasteiger partial charge in [-0.25, -0.2) is 0 Å². The van der Waals surface area contributed by atoms with Gasteiger partial charge >= 0.3 is 11.9 Å². The monoisotopic (exact) mass is 444 g/mol. The van der Waals surface area contributed by atoms with Gasteiger partial charge in [0.15, 0.2) is 0 Å². The number of carbonyl (C=O) groups is 2. The molecule has 0 spiro atoms. The zero-order valence-electron chi connectivity index (χ0n) is 17.5. The van der Waals surface area contributed by atoms with Gasteiger partial charge in [-0.15, -0.1) is 0 Å². The van der Waals surface area contributed by atoms with E-state index in [4.69, 9.17) is 21.8 Å². The minimum absolute atomic E-state index is 0.296. The maximum atomic E-state index is 9.64. The van der Waals surface area contributed by atoms with Gasteiger partial charge in [0.1, 0.15) is 0 Å². The van der Waals surface area contributed by atoms with E-state index >= 15 is 0 Å². The molecule has 0 saturated carbocycles. The molecule has 2 aliphatic heterocycles. The van der Waals surface area contributed by atoms with Crippen LogP contribution in [0.3, 0.4) is 0 Å². The molecule has 2 aromatic carbocycles. The third-order valence-electron chi connectivity index (χ3n) is 5.73. The van der Waals surface area contributed by atoms with Crippen molar-refractivity contribution < 1.29 is 19.8 Å². The van der Waals surface area contributed by atoms with Crippen LogP contribution < -0.4 is 10.2 Å². The quantitative estimate of drug-likeness (QED) is 0.636. The van der Waals surface area contributed by atoms with Gasteiger partial charge in [-0.1, -0.05) is 48.0 Å². The standard InChI is InChI=1S/C20H23ClN2.C4H6O4/c21-18-9-8-15-10-12-22-13-11-17(15)20(18)23-14-4-7-19(23)16-5-2-1-3-6-16;5-3(6)1-2-4(7)8/h1-3,5-6,8-9,19,22H,4,7,10-14H2;1-2H2,(H,5,6)(H,7,8). The highest BCUT2D eigenvalue weighted by Crippen LogP contribution is 2.42. The Balaban J connectivity index is 0.000000293. The Morgan fingerprint density at radius 2 is 1.68 bits per heavy atom. The fourth-order valence-corrected chi connectivity index (χ4v) is 4.59. The van der Waals surface area contributed by atoms with Crippen molar-refractivity contribution in [3.05, 3.63) is 64.2 Å². The van der Waals surface area contributed by atoms with E-state index in [0.717, 1.165) is 37.5 Å². The fourth-order valence-electron chi connectivity index (χ4n) is 4.30. The summed E-state index contributed by atoms with van der Waals surface area (Å²) in [5.74, 6) is -2.15. The lowest BCUT2D eigenvalue weighted by molar-refractivity contribution is -0.143. The molecular formula is C24H29ClN2O4. The number of carboxylic acids is 2. The summed E-state index contributed by atoms with van der Waals surface area (Å²) in [6, 6.07) is 15.7. The van der Waals surface area contributed by atoms with Crippen LogP contribution in [0.25, 0.3) is 0 Å². The molecule has 0 aromatic heterocycles. The van der Waals surface area contributed by atoms with Crippen molar-refractivity contribution in [2.75, 3.05) is 24.5 Å². The van der Waals surface area contributed by atoms with Gasteiger partial charge < -0.3 is 20.4 Å². The smallest absolute Gasteiger partial charge is 0.303 e. The van der Waals surface area contributed by atoms with E-state index in [1.54, 1.807) is 0 Å². The van der Waals surface area contributed by atoms with Gasteiger partial charge in [0.25, 0.3) is 0 Å². The third kappa shape index (κ3) is 6.21. The number of halogens is 1. The third-order valence-corrected chi connectivity index (χ3v) is 6.04. The number of fused-ring (bicyclic) bond motifs is 1. The Labute approximate surface area is 187 Å². The summed E-state index contributed by atoms with van der Waals surface area (Å²) in [6.07, 6.45) is 4.03. The average molecular weight is 445 g/mol. The Hall–Kier alpha value is -2.57. The minimum Gasteiger partial charge on any atom is -0.481 e. The predicted octanol–water partition coefficient (Wildman–Crippen LogP) is 4.31. The Morgan fingerprint density at radius 1 is 1.00 bits per heavy atom. The molecule has 166 valence electrons. The highest BCUT2D eigenvalue weighted by molar-refractivity contribution is 6.33. The van der Waals surface area contributed by atoms with Gasteiger partial charge in [0.05, 0.1) is 29.6 Å². The molecule has 3 N–H and O–H groups in total. The van der Waals surface area contributed by atoms with Crippen molar-refractivity contribution in [1.29, 1.82) is 0 Å². The summed E-state index contributed by atoms with van der Waals surface area (Å²) in [4.78, 5) is 21.8. The molecule has 2 aliphatic rings. The number of benzene rings is 2. The van der Waals surface area contributed by atoms with Crippen LogP contribution in [0.5, 0.6) is 0 Å². The average Bonchev–Trinajstić information content (AvgIpc) is 3.11. The van der Waals surface area contributed by atoms with Crippen molar-refractivity contribution in [2.24, 2.45) is 0 Å². The minimum atomic E-state index is -1.08. The number of rotatable bonds is 5. The van der Waals surface area contributed by atoms with Gasteiger partial charge in [-0.3, -0.25) is 9.59 Å². The molecule has 2 heterocycles. The van der Waals surface area contributed by atoms with E-state index in [9.17, 15) is 9.59 Å². The lowest BCUT2D eigenvalue weighted by atomic mass is 9.98. The van der Waals surface area contributed by atoms with Gasteiger partial charge in [0.2, 0.25) is 0 Å². The lowest BCUT2D eigenvalue weighted by Gasteiger charge is -2.31. The molecule has 0 bridgehead atoms. The number of hydrogen-bond donors (Lipinski definition) is 3. The topological polar surface area (TPSA) is 89.9 Å². The second-order valence-electron chi connectivity index (χ2n) is 7.83. The number of nitrogens with zero attached hydrogens (tertiary/aromatic N) is 1. The first-order valence-electron chi connectivity index (χ1n) is 10.7. The van der Waals surface area contributed by atoms with E-state index in [1.807, 2.05) is 0 Å². The predicted molar refractivity (Wildman–Crippen MR) is 122 cm³/mol. The maximum absolute atomic E-state index is 9.64. The van der Waals surface area contributed by atoms with Gasteiger partial charge in [-0.2, -0.15) is 0 Å². The molecule has 1 atom stereocenters. The van der Waals surface area contributed by atoms with Crippen LogP contribution in [0.4, 0.5) is 5.69 Å². The molecule has 0 aliphatic carbocycles. The van der Waals surface area contributed by atoms with Crippen LogP contribution in [0.15, 0.2) is 42.5 Å². The zero-order chi connectivity index (χ0) is 22.2. The molecule has 6 nitrogen and oxygen atoms in total. The summed E-state index contributed by atoms with van der Waals surface area (Å²) in [5, 5.41) is 20.2. The van der Waals surface area contributed by atoms with Crippen molar-refractivity contribution in [1.82, 2.24) is 5.32 Å². The Kier molecular flexibility index (Phi) is 8.32. The van der Waals surface area contributed by atoms with Crippen LogP contribution in [-0.2, 0) is 22.4 Å². The van der Waals surface area contributed by atoms with Crippen molar-refractivity contribution in [3.63, 3.8) is 0 Å². The number of carboxylic acid groups (broad SMARTS) is 2. The van der Waals surface area contributed by atoms with Crippen LogP contribution in [0.2, 0.25) is 5.02 Å². The number of aliphatic carboxylic acids is 2. The molecule has 1 unspecified atom stereocenters. The largest absolute Gasteiger partial charge is 0.481 e. The highest BCUT2D eigenvalue weighted by Gasteiger charge is 2.30. The van der Waals surface area contributed by atoms with Gasteiger partial charge in [-0.05, 0) is 61.5 Å². The summed E-state index contributed by atoms with van der Waals surface area (Å²) in [5.41, 5.74) is 5.63. The second kappa shape index (κ2) is 11.2. The van der Waals surface area contributed by atoms with Gasteiger partial charge in [0, 0.05) is 6.54 Å². The lowest BCUT2D eigenvalue weighted by Crippen LogP contribution is -2.25. The van der Waals surface area contributed by atoms with E-state index in [-0.39, 0.29) is 12.8 Å².